The molecule has 3 nitrogen and oxygen atoms in total. The summed E-state index contributed by atoms with van der Waals surface area (Å²) in [5.41, 5.74) is 0.292. The van der Waals surface area contributed by atoms with Crippen molar-refractivity contribution in [1.29, 1.82) is 0 Å². The Morgan fingerprint density at radius 1 is 1.00 bits per heavy atom. The number of aliphatic hydroxyl groups is 2. The van der Waals surface area contributed by atoms with Crippen LogP contribution in [0.15, 0.2) is 0 Å². The fraction of sp³-hybridized carbons (Fsp3) is 1.00. The molecule has 1 rings (SSSR count). The molecule has 0 spiro atoms. The minimum atomic E-state index is 0.119. The minimum Gasteiger partial charge on any atom is -0.396 e. The smallest absolute Gasteiger partial charge is 0.0489 e. The molecule has 2 N–H and O–H groups in total. The van der Waals surface area contributed by atoms with Crippen LogP contribution in [0.1, 0.15) is 67.2 Å². The van der Waals surface area contributed by atoms with E-state index in [2.05, 4.69) is 41.5 Å². The van der Waals surface area contributed by atoms with E-state index in [1.807, 2.05) is 0 Å². The average Bonchev–Trinajstić information content (AvgIpc) is 2.38. The lowest BCUT2D eigenvalue weighted by atomic mass is 9.75. The summed E-state index contributed by atoms with van der Waals surface area (Å²) in [7, 11) is 0. The maximum atomic E-state index is 9.33. The first-order valence-corrected chi connectivity index (χ1v) is 8.46. The Labute approximate surface area is 132 Å². The van der Waals surface area contributed by atoms with Gasteiger partial charge in [0.1, 0.15) is 0 Å². The number of hydrogen-bond acceptors (Lipinski definition) is 3. The van der Waals surface area contributed by atoms with E-state index >= 15 is 0 Å². The monoisotopic (exact) mass is 302 g/mol. The molecule has 0 radical (unpaired) electrons. The molecule has 0 aromatic rings. The molecule has 0 atom stereocenters. The molecule has 0 aliphatic carbocycles. The average molecular weight is 302 g/mol. The fourth-order valence-corrected chi connectivity index (χ4v) is 3.27. The van der Waals surface area contributed by atoms with Gasteiger partial charge in [0.05, 0.1) is 0 Å². The van der Waals surface area contributed by atoms with Crippen molar-refractivity contribution < 1.29 is 14.9 Å². The molecule has 0 bridgehead atoms. The van der Waals surface area contributed by atoms with Crippen LogP contribution in [-0.2, 0) is 4.74 Å². The zero-order chi connectivity index (χ0) is 16.5. The highest BCUT2D eigenvalue weighted by Crippen LogP contribution is 2.36. The highest BCUT2D eigenvalue weighted by molar-refractivity contribution is 4.82. The standard InChI is InChI=1S/C10H20O2.C8H18O/c1-9(2)7-10(8-11)3-5-12-6-4-10;1-7(2)5-8(3,4)6-9/h9,11H,3-8H2,1-2H3;7,9H,5-6H2,1-4H3. The lowest BCUT2D eigenvalue weighted by Crippen LogP contribution is -2.34. The van der Waals surface area contributed by atoms with Crippen molar-refractivity contribution in [2.45, 2.75) is 67.2 Å². The predicted octanol–water partition coefficient (Wildman–Crippen LogP) is 3.87. The third-order valence-electron chi connectivity index (χ3n) is 4.12. The molecule has 1 saturated heterocycles. The van der Waals surface area contributed by atoms with E-state index in [9.17, 15) is 5.11 Å². The molecule has 0 aromatic heterocycles. The number of rotatable bonds is 6. The summed E-state index contributed by atoms with van der Waals surface area (Å²) in [4.78, 5) is 0. The van der Waals surface area contributed by atoms with Gasteiger partial charge in [-0.15, -0.1) is 0 Å². The van der Waals surface area contributed by atoms with Gasteiger partial charge in [0.2, 0.25) is 0 Å². The molecule has 0 aromatic carbocycles. The highest BCUT2D eigenvalue weighted by atomic mass is 16.5. The van der Waals surface area contributed by atoms with Gasteiger partial charge in [-0.05, 0) is 48.3 Å². The van der Waals surface area contributed by atoms with Crippen molar-refractivity contribution in [2.24, 2.45) is 22.7 Å². The van der Waals surface area contributed by atoms with E-state index in [0.717, 1.165) is 38.9 Å². The van der Waals surface area contributed by atoms with Gasteiger partial charge in [-0.2, -0.15) is 0 Å². The third-order valence-corrected chi connectivity index (χ3v) is 4.12. The zero-order valence-electron chi connectivity index (χ0n) is 15.1. The largest absolute Gasteiger partial charge is 0.396 e. The van der Waals surface area contributed by atoms with Crippen LogP contribution in [0.4, 0.5) is 0 Å². The van der Waals surface area contributed by atoms with Crippen LogP contribution in [0.25, 0.3) is 0 Å². The first-order chi connectivity index (χ1) is 9.66. The fourth-order valence-electron chi connectivity index (χ4n) is 3.27. The summed E-state index contributed by atoms with van der Waals surface area (Å²) in [6.45, 7) is 15.2. The quantitative estimate of drug-likeness (QED) is 0.783. The molecule has 0 saturated carbocycles. The summed E-state index contributed by atoms with van der Waals surface area (Å²) in [6, 6.07) is 0. The molecule has 0 unspecified atom stereocenters. The third kappa shape index (κ3) is 9.49. The first kappa shape index (κ1) is 20.9. The SMILES string of the molecule is CC(C)CC(C)(C)CO.CC(C)CC1(CO)CCOCC1. The second kappa shape index (κ2) is 9.81. The Balaban J connectivity index is 0.000000400. The maximum Gasteiger partial charge on any atom is 0.0489 e. The van der Waals surface area contributed by atoms with Crippen LogP contribution in [0.3, 0.4) is 0 Å². The Kier molecular flexibility index (Phi) is 9.75. The second-order valence-corrected chi connectivity index (χ2v) is 8.29. The summed E-state index contributed by atoms with van der Waals surface area (Å²) in [6.07, 6.45) is 4.29. The Hall–Kier alpha value is -0.120. The van der Waals surface area contributed by atoms with E-state index < -0.39 is 0 Å². The predicted molar refractivity (Wildman–Crippen MR) is 89.3 cm³/mol. The van der Waals surface area contributed by atoms with Crippen molar-refractivity contribution in [1.82, 2.24) is 0 Å². The first-order valence-electron chi connectivity index (χ1n) is 8.46. The molecular weight excluding hydrogens is 264 g/mol. The van der Waals surface area contributed by atoms with Crippen molar-refractivity contribution in [3.05, 3.63) is 0 Å². The van der Waals surface area contributed by atoms with Crippen LogP contribution in [-0.4, -0.2) is 36.6 Å². The molecule has 1 aliphatic rings. The van der Waals surface area contributed by atoms with Crippen molar-refractivity contribution >= 4 is 0 Å². The molecule has 3 heteroatoms. The number of aliphatic hydroxyl groups excluding tert-OH is 2. The number of hydrogen-bond donors (Lipinski definition) is 2. The molecular formula is C18H38O3. The Bertz CT molecular complexity index is 253. The van der Waals surface area contributed by atoms with Crippen LogP contribution >= 0.6 is 0 Å². The van der Waals surface area contributed by atoms with Crippen LogP contribution in [0, 0.1) is 22.7 Å². The lowest BCUT2D eigenvalue weighted by Gasteiger charge is -2.36. The van der Waals surface area contributed by atoms with Gasteiger partial charge >= 0.3 is 0 Å². The summed E-state index contributed by atoms with van der Waals surface area (Å²) < 4.78 is 5.30. The van der Waals surface area contributed by atoms with Crippen molar-refractivity contribution in [3.8, 4) is 0 Å². The zero-order valence-corrected chi connectivity index (χ0v) is 15.1. The summed E-state index contributed by atoms with van der Waals surface area (Å²) in [5.74, 6) is 1.36. The molecule has 21 heavy (non-hydrogen) atoms. The topological polar surface area (TPSA) is 49.7 Å². The maximum absolute atomic E-state index is 9.33. The Morgan fingerprint density at radius 3 is 1.81 bits per heavy atom. The van der Waals surface area contributed by atoms with Gasteiger partial charge in [0.25, 0.3) is 0 Å². The highest BCUT2D eigenvalue weighted by Gasteiger charge is 2.32. The number of ether oxygens (including phenoxy) is 1. The Morgan fingerprint density at radius 2 is 1.52 bits per heavy atom. The van der Waals surface area contributed by atoms with Crippen molar-refractivity contribution in [2.75, 3.05) is 26.4 Å². The van der Waals surface area contributed by atoms with Gasteiger partial charge in [0, 0.05) is 26.4 Å². The van der Waals surface area contributed by atoms with E-state index in [1.165, 1.54) is 0 Å². The summed E-state index contributed by atoms with van der Waals surface area (Å²) in [5, 5.41) is 18.2. The van der Waals surface area contributed by atoms with Gasteiger partial charge in [-0.1, -0.05) is 41.5 Å². The van der Waals surface area contributed by atoms with Crippen LogP contribution in [0.2, 0.25) is 0 Å². The second-order valence-electron chi connectivity index (χ2n) is 8.29. The van der Waals surface area contributed by atoms with Gasteiger partial charge in [-0.25, -0.2) is 0 Å². The van der Waals surface area contributed by atoms with Gasteiger partial charge in [0.15, 0.2) is 0 Å². The molecule has 1 heterocycles. The molecule has 1 aliphatic heterocycles. The van der Waals surface area contributed by atoms with Crippen LogP contribution in [0.5, 0.6) is 0 Å². The van der Waals surface area contributed by atoms with Crippen molar-refractivity contribution in [3.63, 3.8) is 0 Å². The van der Waals surface area contributed by atoms with E-state index in [4.69, 9.17) is 9.84 Å². The van der Waals surface area contributed by atoms with Gasteiger partial charge in [-0.3, -0.25) is 0 Å². The normalized spacial score (nSPS) is 18.6. The van der Waals surface area contributed by atoms with Crippen LogP contribution < -0.4 is 0 Å². The summed E-state index contributed by atoms with van der Waals surface area (Å²) >= 11 is 0. The van der Waals surface area contributed by atoms with E-state index in [0.29, 0.717) is 25.0 Å². The van der Waals surface area contributed by atoms with E-state index in [1.54, 1.807) is 0 Å². The molecule has 1 fully saturated rings. The lowest BCUT2D eigenvalue weighted by molar-refractivity contribution is -0.0267. The molecule has 128 valence electrons. The van der Waals surface area contributed by atoms with E-state index in [-0.39, 0.29) is 10.8 Å². The molecule has 0 amide bonds. The minimum absolute atomic E-state index is 0.119. The van der Waals surface area contributed by atoms with Gasteiger partial charge < -0.3 is 14.9 Å².